The molecule has 2 N–H and O–H groups in total. The van der Waals surface area contributed by atoms with Gasteiger partial charge in [0, 0.05) is 11.7 Å². The minimum Gasteiger partial charge on any atom is -0.334 e. The maximum absolute atomic E-state index is 12.0. The molecule has 0 heterocycles. The summed E-state index contributed by atoms with van der Waals surface area (Å²) in [5.74, 6) is -0.0410. The van der Waals surface area contributed by atoms with Gasteiger partial charge >= 0.3 is 6.03 Å². The summed E-state index contributed by atoms with van der Waals surface area (Å²) in [6, 6.07) is 8.20. The van der Waals surface area contributed by atoms with Gasteiger partial charge in [-0.3, -0.25) is 0 Å². The maximum Gasteiger partial charge on any atom is 0.319 e. The van der Waals surface area contributed by atoms with E-state index in [2.05, 4.69) is 28.8 Å². The van der Waals surface area contributed by atoms with E-state index in [0.717, 1.165) is 37.8 Å². The van der Waals surface area contributed by atoms with E-state index < -0.39 is 0 Å². The second-order valence-corrected chi connectivity index (χ2v) is 5.71. The second-order valence-electron chi connectivity index (χ2n) is 5.71. The minimum atomic E-state index is -0.199. The first-order valence-corrected chi connectivity index (χ1v) is 7.35. The smallest absolute Gasteiger partial charge is 0.319 e. The van der Waals surface area contributed by atoms with E-state index >= 15 is 0 Å². The van der Waals surface area contributed by atoms with Crippen molar-refractivity contribution in [3.8, 4) is 6.07 Å². The second kappa shape index (κ2) is 5.54. The van der Waals surface area contributed by atoms with Crippen molar-refractivity contribution >= 4 is 11.7 Å². The summed E-state index contributed by atoms with van der Waals surface area (Å²) >= 11 is 0. The third-order valence-corrected chi connectivity index (χ3v) is 4.35. The van der Waals surface area contributed by atoms with E-state index in [4.69, 9.17) is 5.26 Å². The molecule has 4 nitrogen and oxygen atoms in total. The number of urea groups is 1. The molecule has 3 rings (SSSR count). The number of carbonyl (C=O) groups is 1. The molecule has 104 valence electrons. The van der Waals surface area contributed by atoms with Gasteiger partial charge in [0.2, 0.25) is 0 Å². The Labute approximate surface area is 119 Å². The Morgan fingerprint density at radius 3 is 2.90 bits per heavy atom. The number of hydrogen-bond donors (Lipinski definition) is 2. The number of nitrogens with zero attached hydrogens (tertiary/aromatic N) is 1. The summed E-state index contributed by atoms with van der Waals surface area (Å²) in [6.07, 6.45) is 6.26. The first-order chi connectivity index (χ1) is 9.76. The number of fused-ring (bicyclic) bond motifs is 1. The molecule has 2 atom stereocenters. The molecule has 0 bridgehead atoms. The fourth-order valence-corrected chi connectivity index (χ4v) is 3.27. The largest absolute Gasteiger partial charge is 0.334 e. The summed E-state index contributed by atoms with van der Waals surface area (Å²) in [4.78, 5) is 12.0. The van der Waals surface area contributed by atoms with Gasteiger partial charge in [0.1, 0.15) is 0 Å². The van der Waals surface area contributed by atoms with E-state index in [-0.39, 0.29) is 18.0 Å². The molecule has 2 aliphatic carbocycles. The van der Waals surface area contributed by atoms with Gasteiger partial charge in [-0.1, -0.05) is 6.07 Å². The van der Waals surface area contributed by atoms with Crippen molar-refractivity contribution < 1.29 is 4.79 Å². The third-order valence-electron chi connectivity index (χ3n) is 4.35. The van der Waals surface area contributed by atoms with Crippen LogP contribution < -0.4 is 10.6 Å². The Bertz CT molecular complexity index is 561. The van der Waals surface area contributed by atoms with E-state index in [0.29, 0.717) is 0 Å². The summed E-state index contributed by atoms with van der Waals surface area (Å²) in [7, 11) is 0. The number of aryl methyl sites for hydroxylation is 2. The predicted octanol–water partition coefficient (Wildman–Crippen LogP) is 2.99. The molecular formula is C16H19N3O. The zero-order valence-electron chi connectivity index (χ0n) is 11.5. The molecule has 0 aromatic heterocycles. The maximum atomic E-state index is 12.0. The van der Waals surface area contributed by atoms with Gasteiger partial charge in [0.15, 0.2) is 0 Å². The lowest BCUT2D eigenvalue weighted by Gasteiger charge is -2.16. The van der Waals surface area contributed by atoms with Crippen LogP contribution in [-0.2, 0) is 12.8 Å². The minimum absolute atomic E-state index is 0.00516. The Kier molecular flexibility index (Phi) is 3.60. The first kappa shape index (κ1) is 13.0. The average molecular weight is 269 g/mol. The van der Waals surface area contributed by atoms with Crippen LogP contribution in [0.25, 0.3) is 0 Å². The molecule has 2 aliphatic rings. The number of amides is 2. The van der Waals surface area contributed by atoms with Crippen molar-refractivity contribution in [2.24, 2.45) is 5.92 Å². The molecule has 0 radical (unpaired) electrons. The highest BCUT2D eigenvalue weighted by Crippen LogP contribution is 2.26. The molecule has 2 amide bonds. The summed E-state index contributed by atoms with van der Waals surface area (Å²) in [6.45, 7) is 0. The van der Waals surface area contributed by atoms with Crippen molar-refractivity contribution in [3.05, 3.63) is 29.3 Å². The summed E-state index contributed by atoms with van der Waals surface area (Å²) in [5, 5.41) is 14.8. The van der Waals surface area contributed by atoms with E-state index in [1.807, 2.05) is 6.07 Å². The molecule has 1 fully saturated rings. The van der Waals surface area contributed by atoms with Crippen molar-refractivity contribution in [1.82, 2.24) is 5.32 Å². The first-order valence-electron chi connectivity index (χ1n) is 7.35. The van der Waals surface area contributed by atoms with Crippen LogP contribution in [0.2, 0.25) is 0 Å². The zero-order chi connectivity index (χ0) is 13.9. The zero-order valence-corrected chi connectivity index (χ0v) is 11.5. The quantitative estimate of drug-likeness (QED) is 0.866. The number of benzene rings is 1. The van der Waals surface area contributed by atoms with E-state index in [1.165, 1.54) is 17.5 Å². The van der Waals surface area contributed by atoms with Crippen LogP contribution in [0.3, 0.4) is 0 Å². The molecule has 20 heavy (non-hydrogen) atoms. The van der Waals surface area contributed by atoms with Crippen LogP contribution in [0.5, 0.6) is 0 Å². The van der Waals surface area contributed by atoms with Crippen LogP contribution >= 0.6 is 0 Å². The number of carbonyl (C=O) groups excluding carboxylic acids is 1. The van der Waals surface area contributed by atoms with Gasteiger partial charge in [-0.05, 0) is 61.8 Å². The van der Waals surface area contributed by atoms with Gasteiger partial charge in [-0.15, -0.1) is 0 Å². The summed E-state index contributed by atoms with van der Waals surface area (Å²) < 4.78 is 0. The molecule has 0 aliphatic heterocycles. The molecule has 4 heteroatoms. The highest BCUT2D eigenvalue weighted by atomic mass is 16.2. The molecule has 1 saturated carbocycles. The van der Waals surface area contributed by atoms with Crippen LogP contribution in [0.4, 0.5) is 10.5 Å². The highest BCUT2D eigenvalue weighted by molar-refractivity contribution is 5.89. The molecule has 0 unspecified atom stereocenters. The Balaban J connectivity index is 1.60. The number of nitriles is 1. The third kappa shape index (κ3) is 2.62. The van der Waals surface area contributed by atoms with Gasteiger partial charge in [-0.25, -0.2) is 4.79 Å². The van der Waals surface area contributed by atoms with Crippen LogP contribution in [-0.4, -0.2) is 12.1 Å². The topological polar surface area (TPSA) is 64.9 Å². The lowest BCUT2D eigenvalue weighted by molar-refractivity contribution is 0.247. The van der Waals surface area contributed by atoms with E-state index in [9.17, 15) is 4.79 Å². The van der Waals surface area contributed by atoms with Crippen molar-refractivity contribution in [1.29, 1.82) is 5.26 Å². The highest BCUT2D eigenvalue weighted by Gasteiger charge is 2.28. The van der Waals surface area contributed by atoms with Gasteiger partial charge in [0.25, 0.3) is 0 Å². The lowest BCUT2D eigenvalue weighted by Crippen LogP contribution is -2.39. The number of hydrogen-bond acceptors (Lipinski definition) is 2. The normalized spacial score (nSPS) is 23.9. The van der Waals surface area contributed by atoms with Crippen LogP contribution in [0.1, 0.15) is 36.8 Å². The van der Waals surface area contributed by atoms with Gasteiger partial charge < -0.3 is 10.6 Å². The molecule has 0 spiro atoms. The van der Waals surface area contributed by atoms with Crippen molar-refractivity contribution in [3.63, 3.8) is 0 Å². The molecule has 1 aromatic rings. The van der Waals surface area contributed by atoms with Crippen LogP contribution in [0.15, 0.2) is 18.2 Å². The van der Waals surface area contributed by atoms with Crippen LogP contribution in [0, 0.1) is 17.2 Å². The SMILES string of the molecule is N#C[C@@H]1CCC[C@H]1NC(=O)Nc1ccc2c(c1)CCC2. The lowest BCUT2D eigenvalue weighted by atomic mass is 10.1. The van der Waals surface area contributed by atoms with Gasteiger partial charge in [0.05, 0.1) is 12.0 Å². The standard InChI is InChI=1S/C16H19N3O/c17-10-13-5-2-6-15(13)19-16(20)18-14-8-7-11-3-1-4-12(11)9-14/h7-9,13,15H,1-6H2,(H2,18,19,20)/t13-,15+/m0/s1. The van der Waals surface area contributed by atoms with Crippen molar-refractivity contribution in [2.45, 2.75) is 44.6 Å². The van der Waals surface area contributed by atoms with E-state index in [1.54, 1.807) is 0 Å². The fraction of sp³-hybridized carbons (Fsp3) is 0.500. The molecule has 0 saturated heterocycles. The van der Waals surface area contributed by atoms with Crippen molar-refractivity contribution in [2.75, 3.05) is 5.32 Å². The Morgan fingerprint density at radius 2 is 2.05 bits per heavy atom. The molecular weight excluding hydrogens is 250 g/mol. The number of nitrogens with one attached hydrogen (secondary N) is 2. The Morgan fingerprint density at radius 1 is 1.20 bits per heavy atom. The predicted molar refractivity (Wildman–Crippen MR) is 77.4 cm³/mol. The number of anilines is 1. The monoisotopic (exact) mass is 269 g/mol. The fourth-order valence-electron chi connectivity index (χ4n) is 3.27. The molecule has 1 aromatic carbocycles. The Hall–Kier alpha value is -2.02. The average Bonchev–Trinajstić information content (AvgIpc) is 3.06. The number of rotatable bonds is 2. The summed E-state index contributed by atoms with van der Waals surface area (Å²) in [5.41, 5.74) is 3.59. The van der Waals surface area contributed by atoms with Gasteiger partial charge in [-0.2, -0.15) is 5.26 Å².